The molecular formula is C19H24N2O2. The number of carbonyl (C=O) groups is 1. The van der Waals surface area contributed by atoms with Crippen LogP contribution in [-0.2, 0) is 0 Å². The summed E-state index contributed by atoms with van der Waals surface area (Å²) in [4.78, 5) is 17.0. The molecular weight excluding hydrogens is 288 g/mol. The number of methoxy groups -OCH3 is 1. The maximum absolute atomic E-state index is 12.6. The maximum Gasteiger partial charge on any atom is 0.251 e. The summed E-state index contributed by atoms with van der Waals surface area (Å²) in [6, 6.07) is 7.60. The standard InChI is InChI=1S/C19H24N2O2/c1-6-16(17-8-7-12(2)11-20-17)21-19(22)15-9-13(3)18(23-5)14(4)10-15/h7-11,16H,6H2,1-5H3,(H,21,22)/t16-/m1/s1. The first-order chi connectivity index (χ1) is 11.0. The van der Waals surface area contributed by atoms with Crippen LogP contribution in [0.3, 0.4) is 0 Å². The first kappa shape index (κ1) is 17.0. The first-order valence-electron chi connectivity index (χ1n) is 7.85. The van der Waals surface area contributed by atoms with Crippen molar-refractivity contribution < 1.29 is 9.53 Å². The monoisotopic (exact) mass is 312 g/mol. The van der Waals surface area contributed by atoms with E-state index in [2.05, 4.69) is 10.3 Å². The average Bonchev–Trinajstić information content (AvgIpc) is 2.53. The molecule has 0 radical (unpaired) electrons. The molecule has 0 aliphatic heterocycles. The molecule has 0 spiro atoms. The lowest BCUT2D eigenvalue weighted by Crippen LogP contribution is -2.29. The summed E-state index contributed by atoms with van der Waals surface area (Å²) in [5, 5.41) is 3.07. The Morgan fingerprint density at radius 2 is 1.87 bits per heavy atom. The third-order valence-corrected chi connectivity index (χ3v) is 3.93. The Labute approximate surface area is 137 Å². The number of nitrogens with zero attached hydrogens (tertiary/aromatic N) is 1. The summed E-state index contributed by atoms with van der Waals surface area (Å²) in [5.41, 5.74) is 4.55. The number of benzene rings is 1. The van der Waals surface area contributed by atoms with Gasteiger partial charge < -0.3 is 10.1 Å². The van der Waals surface area contributed by atoms with Gasteiger partial charge in [-0.25, -0.2) is 0 Å². The summed E-state index contributed by atoms with van der Waals surface area (Å²) >= 11 is 0. The molecule has 0 saturated carbocycles. The molecule has 0 aliphatic rings. The van der Waals surface area contributed by atoms with E-state index in [4.69, 9.17) is 4.74 Å². The lowest BCUT2D eigenvalue weighted by atomic mass is 10.0. The normalized spacial score (nSPS) is 11.9. The van der Waals surface area contributed by atoms with Gasteiger partial charge in [0, 0.05) is 11.8 Å². The van der Waals surface area contributed by atoms with E-state index in [1.807, 2.05) is 58.2 Å². The summed E-state index contributed by atoms with van der Waals surface area (Å²) < 4.78 is 5.35. The highest BCUT2D eigenvalue weighted by atomic mass is 16.5. The van der Waals surface area contributed by atoms with E-state index >= 15 is 0 Å². The number of carbonyl (C=O) groups excluding carboxylic acids is 1. The SMILES string of the molecule is CC[C@@H](NC(=O)c1cc(C)c(OC)c(C)c1)c1ccc(C)cn1. The molecule has 0 unspecified atom stereocenters. The van der Waals surface area contributed by atoms with Gasteiger partial charge in [0.25, 0.3) is 5.91 Å². The molecule has 2 rings (SSSR count). The fraction of sp³-hybridized carbons (Fsp3) is 0.368. The van der Waals surface area contributed by atoms with Crippen molar-refractivity contribution in [1.82, 2.24) is 10.3 Å². The molecule has 1 N–H and O–H groups in total. The number of nitrogens with one attached hydrogen (secondary N) is 1. The Bertz CT molecular complexity index is 670. The molecule has 1 aromatic carbocycles. The topological polar surface area (TPSA) is 51.2 Å². The fourth-order valence-electron chi connectivity index (χ4n) is 2.72. The number of amides is 1. The highest BCUT2D eigenvalue weighted by Crippen LogP contribution is 2.25. The van der Waals surface area contributed by atoms with Crippen LogP contribution in [0.1, 0.15) is 52.1 Å². The Morgan fingerprint density at radius 1 is 1.22 bits per heavy atom. The number of rotatable bonds is 5. The van der Waals surface area contributed by atoms with Crippen LogP contribution in [0.15, 0.2) is 30.5 Å². The minimum Gasteiger partial charge on any atom is -0.496 e. The van der Waals surface area contributed by atoms with Crippen molar-refractivity contribution in [2.24, 2.45) is 0 Å². The lowest BCUT2D eigenvalue weighted by molar-refractivity contribution is 0.0934. The van der Waals surface area contributed by atoms with E-state index in [1.54, 1.807) is 7.11 Å². The van der Waals surface area contributed by atoms with Crippen molar-refractivity contribution in [1.29, 1.82) is 0 Å². The molecule has 4 heteroatoms. The molecule has 0 fully saturated rings. The zero-order valence-corrected chi connectivity index (χ0v) is 14.4. The van der Waals surface area contributed by atoms with Gasteiger partial charge in [-0.05, 0) is 62.1 Å². The molecule has 2 aromatic rings. The van der Waals surface area contributed by atoms with Gasteiger partial charge in [-0.15, -0.1) is 0 Å². The summed E-state index contributed by atoms with van der Waals surface area (Å²) in [6.45, 7) is 7.93. The number of hydrogen-bond acceptors (Lipinski definition) is 3. The van der Waals surface area contributed by atoms with Crippen molar-refractivity contribution in [3.8, 4) is 5.75 Å². The Kier molecular flexibility index (Phi) is 5.37. The van der Waals surface area contributed by atoms with Crippen LogP contribution in [0, 0.1) is 20.8 Å². The molecule has 0 aliphatic carbocycles. The lowest BCUT2D eigenvalue weighted by Gasteiger charge is -2.18. The van der Waals surface area contributed by atoms with E-state index < -0.39 is 0 Å². The van der Waals surface area contributed by atoms with Crippen LogP contribution in [0.5, 0.6) is 5.75 Å². The van der Waals surface area contributed by atoms with Crippen LogP contribution in [0.4, 0.5) is 0 Å². The maximum atomic E-state index is 12.6. The second-order valence-corrected chi connectivity index (χ2v) is 5.84. The van der Waals surface area contributed by atoms with Crippen molar-refractivity contribution in [2.45, 2.75) is 40.2 Å². The molecule has 4 nitrogen and oxygen atoms in total. The number of ether oxygens (including phenoxy) is 1. The van der Waals surface area contributed by atoms with E-state index in [0.717, 1.165) is 34.6 Å². The van der Waals surface area contributed by atoms with E-state index in [1.165, 1.54) is 0 Å². The molecule has 0 saturated heterocycles. The van der Waals surface area contributed by atoms with E-state index in [-0.39, 0.29) is 11.9 Å². The summed E-state index contributed by atoms with van der Waals surface area (Å²) in [6.07, 6.45) is 2.61. The van der Waals surface area contributed by atoms with Crippen molar-refractivity contribution >= 4 is 5.91 Å². The van der Waals surface area contributed by atoms with E-state index in [9.17, 15) is 4.79 Å². The summed E-state index contributed by atoms with van der Waals surface area (Å²) in [7, 11) is 1.64. The quantitative estimate of drug-likeness (QED) is 0.911. The molecule has 23 heavy (non-hydrogen) atoms. The minimum absolute atomic E-state index is 0.0897. The van der Waals surface area contributed by atoms with Crippen LogP contribution in [-0.4, -0.2) is 18.0 Å². The second-order valence-electron chi connectivity index (χ2n) is 5.84. The van der Waals surface area contributed by atoms with Gasteiger partial charge in [-0.1, -0.05) is 13.0 Å². The number of aryl methyl sites for hydroxylation is 3. The third kappa shape index (κ3) is 3.89. The summed E-state index contributed by atoms with van der Waals surface area (Å²) in [5.74, 6) is 0.738. The number of aromatic nitrogens is 1. The molecule has 122 valence electrons. The molecule has 0 bridgehead atoms. The van der Waals surface area contributed by atoms with Crippen LogP contribution in [0.2, 0.25) is 0 Å². The van der Waals surface area contributed by atoms with Gasteiger partial charge in [0.1, 0.15) is 5.75 Å². The zero-order chi connectivity index (χ0) is 17.0. The fourth-order valence-corrected chi connectivity index (χ4v) is 2.72. The minimum atomic E-state index is -0.0918. The van der Waals surface area contributed by atoms with Gasteiger partial charge in [0.2, 0.25) is 0 Å². The molecule has 1 amide bonds. The van der Waals surface area contributed by atoms with Gasteiger partial charge in [-0.3, -0.25) is 9.78 Å². The predicted octanol–water partition coefficient (Wildman–Crippen LogP) is 3.90. The molecule has 1 atom stereocenters. The van der Waals surface area contributed by atoms with Gasteiger partial charge >= 0.3 is 0 Å². The number of hydrogen-bond donors (Lipinski definition) is 1. The van der Waals surface area contributed by atoms with Gasteiger partial charge in [-0.2, -0.15) is 0 Å². The Hall–Kier alpha value is -2.36. The number of pyridine rings is 1. The Morgan fingerprint density at radius 3 is 2.35 bits per heavy atom. The van der Waals surface area contributed by atoms with Gasteiger partial charge in [0.05, 0.1) is 18.8 Å². The highest BCUT2D eigenvalue weighted by molar-refractivity contribution is 5.95. The van der Waals surface area contributed by atoms with Crippen LogP contribution < -0.4 is 10.1 Å². The molecule has 1 aromatic heterocycles. The van der Waals surface area contributed by atoms with Crippen molar-refractivity contribution in [3.63, 3.8) is 0 Å². The van der Waals surface area contributed by atoms with Crippen molar-refractivity contribution in [3.05, 3.63) is 58.4 Å². The smallest absolute Gasteiger partial charge is 0.251 e. The Balaban J connectivity index is 2.21. The third-order valence-electron chi connectivity index (χ3n) is 3.93. The van der Waals surface area contributed by atoms with Gasteiger partial charge in [0.15, 0.2) is 0 Å². The van der Waals surface area contributed by atoms with Crippen molar-refractivity contribution in [2.75, 3.05) is 7.11 Å². The molecule has 1 heterocycles. The van der Waals surface area contributed by atoms with Crippen LogP contribution >= 0.6 is 0 Å². The van der Waals surface area contributed by atoms with E-state index in [0.29, 0.717) is 5.56 Å². The average molecular weight is 312 g/mol. The second kappa shape index (κ2) is 7.27. The predicted molar refractivity (Wildman–Crippen MR) is 91.9 cm³/mol. The largest absolute Gasteiger partial charge is 0.496 e. The highest BCUT2D eigenvalue weighted by Gasteiger charge is 2.17. The van der Waals surface area contributed by atoms with Crippen LogP contribution in [0.25, 0.3) is 0 Å². The first-order valence-corrected chi connectivity index (χ1v) is 7.85. The zero-order valence-electron chi connectivity index (χ0n) is 14.4.